The van der Waals surface area contributed by atoms with Crippen molar-refractivity contribution in [1.29, 1.82) is 0 Å². The van der Waals surface area contributed by atoms with Gasteiger partial charge in [0, 0.05) is 5.92 Å². The van der Waals surface area contributed by atoms with Gasteiger partial charge >= 0.3 is 5.97 Å². The van der Waals surface area contributed by atoms with E-state index in [0.717, 1.165) is 6.42 Å². The molecule has 0 radical (unpaired) electrons. The standard InChI is InChI=1S/C11H14O3/c1-7-3-4-11(8(2)5-7)9(12)6-10(13)14-11/h5,8H,3-4,6H2,1-2H3. The molecule has 1 fully saturated rings. The molecule has 1 aliphatic heterocycles. The maximum Gasteiger partial charge on any atom is 0.314 e. The highest BCUT2D eigenvalue weighted by atomic mass is 16.6. The Morgan fingerprint density at radius 3 is 2.71 bits per heavy atom. The number of allylic oxidation sites excluding steroid dienone is 1. The Bertz CT molecular complexity index is 329. The van der Waals surface area contributed by atoms with Crippen molar-refractivity contribution in [2.45, 2.75) is 38.7 Å². The summed E-state index contributed by atoms with van der Waals surface area (Å²) in [5, 5.41) is 0. The average Bonchev–Trinajstić information content (AvgIpc) is 2.37. The zero-order valence-electron chi connectivity index (χ0n) is 8.50. The molecule has 2 rings (SSSR count). The predicted octanol–water partition coefficient (Wildman–Crippen LogP) is 1.62. The van der Waals surface area contributed by atoms with Crippen LogP contribution < -0.4 is 0 Å². The van der Waals surface area contributed by atoms with Gasteiger partial charge in [-0.25, -0.2) is 0 Å². The highest BCUT2D eigenvalue weighted by Gasteiger charge is 2.52. The first-order valence-electron chi connectivity index (χ1n) is 4.97. The summed E-state index contributed by atoms with van der Waals surface area (Å²) < 4.78 is 5.23. The molecule has 0 aromatic heterocycles. The van der Waals surface area contributed by atoms with Crippen LogP contribution in [0.5, 0.6) is 0 Å². The summed E-state index contributed by atoms with van der Waals surface area (Å²) in [7, 11) is 0. The number of carbonyl (C=O) groups excluding carboxylic acids is 2. The molecule has 1 spiro atoms. The molecule has 14 heavy (non-hydrogen) atoms. The minimum absolute atomic E-state index is 0.0233. The number of hydrogen-bond donors (Lipinski definition) is 0. The van der Waals surface area contributed by atoms with Gasteiger partial charge in [-0.3, -0.25) is 9.59 Å². The molecule has 1 saturated heterocycles. The molecule has 1 heterocycles. The van der Waals surface area contributed by atoms with E-state index < -0.39 is 5.60 Å². The van der Waals surface area contributed by atoms with Gasteiger partial charge in [0.25, 0.3) is 0 Å². The van der Waals surface area contributed by atoms with Crippen LogP contribution in [0.4, 0.5) is 0 Å². The number of hydrogen-bond acceptors (Lipinski definition) is 3. The molecule has 1 aliphatic carbocycles. The second-order valence-electron chi connectivity index (χ2n) is 4.27. The number of carbonyl (C=O) groups is 2. The predicted molar refractivity (Wildman–Crippen MR) is 50.6 cm³/mol. The van der Waals surface area contributed by atoms with Crippen LogP contribution in [0.2, 0.25) is 0 Å². The van der Waals surface area contributed by atoms with Crippen LogP contribution in [0, 0.1) is 5.92 Å². The zero-order chi connectivity index (χ0) is 10.3. The maximum absolute atomic E-state index is 11.7. The highest BCUT2D eigenvalue weighted by molar-refractivity contribution is 6.06. The summed E-state index contributed by atoms with van der Waals surface area (Å²) in [4.78, 5) is 22.8. The fraction of sp³-hybridized carbons (Fsp3) is 0.636. The molecule has 76 valence electrons. The zero-order valence-corrected chi connectivity index (χ0v) is 8.50. The summed E-state index contributed by atoms with van der Waals surface area (Å²) in [6, 6.07) is 0. The van der Waals surface area contributed by atoms with Crippen LogP contribution in [0.1, 0.15) is 33.1 Å². The number of Topliss-reactive ketones (excluding diaryl/α,β-unsaturated/α-hetero) is 1. The lowest BCUT2D eigenvalue weighted by molar-refractivity contribution is -0.156. The summed E-state index contributed by atoms with van der Waals surface area (Å²) in [5.41, 5.74) is 0.454. The van der Waals surface area contributed by atoms with Gasteiger partial charge in [0.1, 0.15) is 6.42 Å². The van der Waals surface area contributed by atoms with Crippen LogP contribution >= 0.6 is 0 Å². The molecule has 2 aliphatic rings. The van der Waals surface area contributed by atoms with E-state index >= 15 is 0 Å². The first-order chi connectivity index (χ1) is 6.54. The molecule has 0 bridgehead atoms. The van der Waals surface area contributed by atoms with E-state index in [1.54, 1.807) is 0 Å². The first kappa shape index (κ1) is 9.44. The van der Waals surface area contributed by atoms with E-state index in [9.17, 15) is 9.59 Å². The van der Waals surface area contributed by atoms with E-state index in [4.69, 9.17) is 4.74 Å². The monoisotopic (exact) mass is 194 g/mol. The van der Waals surface area contributed by atoms with Crippen molar-refractivity contribution in [2.24, 2.45) is 5.92 Å². The topological polar surface area (TPSA) is 43.4 Å². The summed E-state index contributed by atoms with van der Waals surface area (Å²) in [5.74, 6) is -0.385. The van der Waals surface area contributed by atoms with E-state index in [1.165, 1.54) is 5.57 Å². The molecule has 3 heteroatoms. The molecular weight excluding hydrogens is 180 g/mol. The molecule has 0 saturated carbocycles. The Balaban J connectivity index is 2.33. The number of ether oxygens (including phenoxy) is 1. The number of ketones is 1. The first-order valence-corrected chi connectivity index (χ1v) is 4.97. The van der Waals surface area contributed by atoms with E-state index in [0.29, 0.717) is 6.42 Å². The largest absolute Gasteiger partial charge is 0.450 e. The molecule has 0 amide bonds. The Kier molecular flexibility index (Phi) is 1.98. The van der Waals surface area contributed by atoms with Crippen molar-refractivity contribution in [3.05, 3.63) is 11.6 Å². The number of rotatable bonds is 0. The van der Waals surface area contributed by atoms with Gasteiger partial charge in [0.05, 0.1) is 0 Å². The van der Waals surface area contributed by atoms with E-state index in [2.05, 4.69) is 0 Å². The Labute approximate surface area is 83.1 Å². The lowest BCUT2D eigenvalue weighted by Gasteiger charge is -2.34. The van der Waals surface area contributed by atoms with Crippen molar-refractivity contribution in [3.63, 3.8) is 0 Å². The number of esters is 1. The quantitative estimate of drug-likeness (QED) is 0.334. The van der Waals surface area contributed by atoms with Gasteiger partial charge in [-0.1, -0.05) is 18.6 Å². The lowest BCUT2D eigenvalue weighted by atomic mass is 9.76. The fourth-order valence-electron chi connectivity index (χ4n) is 2.37. The molecule has 0 aromatic carbocycles. The molecule has 0 aromatic rings. The molecule has 3 nitrogen and oxygen atoms in total. The normalized spacial score (nSPS) is 37.3. The van der Waals surface area contributed by atoms with Crippen LogP contribution in [0.25, 0.3) is 0 Å². The van der Waals surface area contributed by atoms with Crippen molar-refractivity contribution in [2.75, 3.05) is 0 Å². The Morgan fingerprint density at radius 1 is 1.50 bits per heavy atom. The van der Waals surface area contributed by atoms with Crippen molar-refractivity contribution in [1.82, 2.24) is 0 Å². The van der Waals surface area contributed by atoms with Gasteiger partial charge in [0.15, 0.2) is 11.4 Å². The molecular formula is C11H14O3. The maximum atomic E-state index is 11.7. The van der Waals surface area contributed by atoms with Crippen LogP contribution in [0.3, 0.4) is 0 Å². The van der Waals surface area contributed by atoms with Crippen molar-refractivity contribution in [3.8, 4) is 0 Å². The van der Waals surface area contributed by atoms with Crippen molar-refractivity contribution >= 4 is 11.8 Å². The third-order valence-corrected chi connectivity index (χ3v) is 3.23. The smallest absolute Gasteiger partial charge is 0.314 e. The highest BCUT2D eigenvalue weighted by Crippen LogP contribution is 2.40. The third-order valence-electron chi connectivity index (χ3n) is 3.23. The third kappa shape index (κ3) is 1.19. The minimum Gasteiger partial charge on any atom is -0.450 e. The van der Waals surface area contributed by atoms with E-state index in [-0.39, 0.29) is 24.1 Å². The van der Waals surface area contributed by atoms with Gasteiger partial charge in [-0.2, -0.15) is 0 Å². The van der Waals surface area contributed by atoms with Crippen LogP contribution in [-0.2, 0) is 14.3 Å². The summed E-state index contributed by atoms with van der Waals surface area (Å²) in [6.45, 7) is 3.99. The van der Waals surface area contributed by atoms with Crippen molar-refractivity contribution < 1.29 is 14.3 Å². The minimum atomic E-state index is -0.823. The van der Waals surface area contributed by atoms with Gasteiger partial charge < -0.3 is 4.74 Å². The van der Waals surface area contributed by atoms with Gasteiger partial charge in [-0.05, 0) is 19.8 Å². The van der Waals surface area contributed by atoms with Gasteiger partial charge in [-0.15, -0.1) is 0 Å². The van der Waals surface area contributed by atoms with Gasteiger partial charge in [0.2, 0.25) is 0 Å². The molecule has 0 N–H and O–H groups in total. The SMILES string of the molecule is CC1=CC(C)C2(CC1)OC(=O)CC2=O. The second-order valence-corrected chi connectivity index (χ2v) is 4.27. The summed E-state index contributed by atoms with van der Waals surface area (Å²) in [6.07, 6.45) is 3.50. The van der Waals surface area contributed by atoms with Crippen LogP contribution in [-0.4, -0.2) is 17.4 Å². The average molecular weight is 194 g/mol. The molecule has 2 unspecified atom stereocenters. The second kappa shape index (κ2) is 2.94. The lowest BCUT2D eigenvalue weighted by Crippen LogP contribution is -2.43. The summed E-state index contributed by atoms with van der Waals surface area (Å²) >= 11 is 0. The Hall–Kier alpha value is -1.12. The Morgan fingerprint density at radius 2 is 2.21 bits per heavy atom. The van der Waals surface area contributed by atoms with E-state index in [1.807, 2.05) is 19.9 Å². The fourth-order valence-corrected chi connectivity index (χ4v) is 2.37. The molecule has 2 atom stereocenters. The van der Waals surface area contributed by atoms with Crippen LogP contribution in [0.15, 0.2) is 11.6 Å².